The van der Waals surface area contributed by atoms with Crippen LogP contribution in [0.5, 0.6) is 11.5 Å². The molecule has 2 aliphatic heterocycles. The molecule has 10 nitrogen and oxygen atoms in total. The zero-order valence-electron chi connectivity index (χ0n) is 19.7. The summed E-state index contributed by atoms with van der Waals surface area (Å²) < 4.78 is 12.3. The molecule has 2 aromatic carbocycles. The largest absolute Gasteiger partial charge is 0.454 e. The fourth-order valence-corrected chi connectivity index (χ4v) is 4.73. The van der Waals surface area contributed by atoms with Crippen LogP contribution < -0.4 is 20.3 Å². The summed E-state index contributed by atoms with van der Waals surface area (Å²) in [6, 6.07) is 14.6. The highest BCUT2D eigenvalue weighted by Gasteiger charge is 2.18. The van der Waals surface area contributed by atoms with Gasteiger partial charge in [-0.25, -0.2) is 4.68 Å². The molecule has 2 aliphatic rings. The molecule has 36 heavy (non-hydrogen) atoms. The maximum atomic E-state index is 13.0. The summed E-state index contributed by atoms with van der Waals surface area (Å²) in [5, 5.41) is 16.0. The first-order chi connectivity index (χ1) is 17.7. The number of hydrogen-bond acceptors (Lipinski definition) is 7. The molecule has 4 aromatic rings. The van der Waals surface area contributed by atoms with Crippen molar-refractivity contribution in [1.82, 2.24) is 30.2 Å². The molecule has 10 heteroatoms. The summed E-state index contributed by atoms with van der Waals surface area (Å²) in [7, 11) is 0. The molecular formula is C26H26N6O4. The van der Waals surface area contributed by atoms with Crippen molar-refractivity contribution >= 4 is 16.7 Å². The third-order valence-electron chi connectivity index (χ3n) is 6.68. The van der Waals surface area contributed by atoms with Crippen LogP contribution >= 0.6 is 0 Å². The monoisotopic (exact) mass is 486 g/mol. The Bertz CT molecular complexity index is 1490. The van der Waals surface area contributed by atoms with E-state index < -0.39 is 0 Å². The van der Waals surface area contributed by atoms with Gasteiger partial charge < -0.3 is 19.7 Å². The Balaban J connectivity index is 1.19. The van der Waals surface area contributed by atoms with Crippen LogP contribution in [0.3, 0.4) is 0 Å². The van der Waals surface area contributed by atoms with E-state index in [1.807, 2.05) is 42.5 Å². The number of amides is 1. The molecule has 6 rings (SSSR count). The first-order valence-corrected chi connectivity index (χ1v) is 12.1. The number of carbonyl (C=O) groups is 1. The number of ether oxygens (including phenoxy) is 2. The first-order valence-electron chi connectivity index (χ1n) is 12.1. The lowest BCUT2D eigenvalue weighted by atomic mass is 10.1. The second-order valence-electron chi connectivity index (χ2n) is 8.99. The van der Waals surface area contributed by atoms with E-state index in [1.165, 1.54) is 17.5 Å². The zero-order valence-corrected chi connectivity index (χ0v) is 19.7. The van der Waals surface area contributed by atoms with Crippen molar-refractivity contribution in [2.75, 3.05) is 26.4 Å². The van der Waals surface area contributed by atoms with Crippen LogP contribution in [0.15, 0.2) is 53.3 Å². The molecule has 184 valence electrons. The second kappa shape index (κ2) is 9.46. The van der Waals surface area contributed by atoms with Crippen molar-refractivity contribution in [2.45, 2.75) is 25.9 Å². The first kappa shape index (κ1) is 22.3. The number of fused-ring (bicyclic) bond motifs is 2. The van der Waals surface area contributed by atoms with Gasteiger partial charge >= 0.3 is 0 Å². The van der Waals surface area contributed by atoms with Gasteiger partial charge in [0, 0.05) is 17.5 Å². The minimum atomic E-state index is -0.310. The van der Waals surface area contributed by atoms with Gasteiger partial charge in [-0.05, 0) is 56.3 Å². The van der Waals surface area contributed by atoms with Crippen LogP contribution in [-0.4, -0.2) is 57.2 Å². The van der Waals surface area contributed by atoms with Gasteiger partial charge in [0.15, 0.2) is 11.5 Å². The van der Waals surface area contributed by atoms with Gasteiger partial charge in [-0.1, -0.05) is 18.2 Å². The van der Waals surface area contributed by atoms with E-state index in [0.717, 1.165) is 30.6 Å². The highest BCUT2D eigenvalue weighted by molar-refractivity contribution is 5.93. The van der Waals surface area contributed by atoms with Crippen molar-refractivity contribution in [3.05, 3.63) is 70.3 Å². The molecule has 0 spiro atoms. The third-order valence-corrected chi connectivity index (χ3v) is 6.68. The Hall–Kier alpha value is -4.18. The lowest BCUT2D eigenvalue weighted by molar-refractivity contribution is 0.0945. The quantitative estimate of drug-likeness (QED) is 0.413. The summed E-state index contributed by atoms with van der Waals surface area (Å²) >= 11 is 0. The van der Waals surface area contributed by atoms with E-state index in [9.17, 15) is 9.59 Å². The highest BCUT2D eigenvalue weighted by atomic mass is 16.7. The molecule has 1 amide bonds. The SMILES string of the molecule is O=C(NCc1nn(CCN2CCCC2)c(=O)c2ccccc12)c1cc(-c2ccc3c(c2)OCO3)n[nH]1. The van der Waals surface area contributed by atoms with Crippen molar-refractivity contribution in [2.24, 2.45) is 0 Å². The van der Waals surface area contributed by atoms with Crippen LogP contribution in [0.1, 0.15) is 29.0 Å². The Morgan fingerprint density at radius 1 is 1.00 bits per heavy atom. The smallest absolute Gasteiger partial charge is 0.274 e. The lowest BCUT2D eigenvalue weighted by Crippen LogP contribution is -2.32. The molecule has 0 radical (unpaired) electrons. The molecule has 0 atom stereocenters. The number of nitrogens with one attached hydrogen (secondary N) is 2. The summed E-state index contributed by atoms with van der Waals surface area (Å²) in [5.74, 6) is 1.03. The number of hydrogen-bond donors (Lipinski definition) is 2. The van der Waals surface area contributed by atoms with Gasteiger partial charge in [-0.15, -0.1) is 0 Å². The maximum absolute atomic E-state index is 13.0. The van der Waals surface area contributed by atoms with E-state index in [4.69, 9.17) is 9.47 Å². The minimum Gasteiger partial charge on any atom is -0.454 e. The normalized spacial score (nSPS) is 15.0. The molecule has 0 bridgehead atoms. The number of H-pyrrole nitrogens is 1. The lowest BCUT2D eigenvalue weighted by Gasteiger charge is -2.16. The number of likely N-dealkylation sites (tertiary alicyclic amines) is 1. The van der Waals surface area contributed by atoms with Crippen LogP contribution in [0.4, 0.5) is 0 Å². The van der Waals surface area contributed by atoms with Gasteiger partial charge in [0.05, 0.1) is 29.9 Å². The standard InChI is InChI=1S/C26H26N6O4/c33-25(21-14-20(28-29-21)17-7-8-23-24(13-17)36-16-35-23)27-15-22-18-5-1-2-6-19(18)26(34)32(30-22)12-11-31-9-3-4-10-31/h1-2,5-8,13-14H,3-4,9-12,15-16H2,(H,27,33)(H,28,29). The predicted octanol–water partition coefficient (Wildman–Crippen LogP) is 2.54. The van der Waals surface area contributed by atoms with Gasteiger partial charge in [-0.3, -0.25) is 14.7 Å². The van der Waals surface area contributed by atoms with E-state index in [2.05, 4.69) is 25.5 Å². The van der Waals surface area contributed by atoms with Gasteiger partial charge in [0.1, 0.15) is 5.69 Å². The molecule has 2 aromatic heterocycles. The van der Waals surface area contributed by atoms with E-state index in [1.54, 1.807) is 6.07 Å². The topological polar surface area (TPSA) is 114 Å². The molecule has 0 unspecified atom stereocenters. The number of nitrogens with zero attached hydrogens (tertiary/aromatic N) is 4. The minimum absolute atomic E-state index is 0.109. The van der Waals surface area contributed by atoms with Crippen LogP contribution in [0.2, 0.25) is 0 Å². The van der Waals surface area contributed by atoms with Gasteiger partial charge in [0.2, 0.25) is 6.79 Å². The summed E-state index contributed by atoms with van der Waals surface area (Å²) in [6.07, 6.45) is 2.39. The predicted molar refractivity (Wildman–Crippen MR) is 133 cm³/mol. The van der Waals surface area contributed by atoms with Crippen molar-refractivity contribution < 1.29 is 14.3 Å². The van der Waals surface area contributed by atoms with Crippen LogP contribution in [0, 0.1) is 0 Å². The Morgan fingerprint density at radius 3 is 2.67 bits per heavy atom. The van der Waals surface area contributed by atoms with Crippen LogP contribution in [0.25, 0.3) is 22.0 Å². The van der Waals surface area contributed by atoms with Gasteiger partial charge in [-0.2, -0.15) is 10.2 Å². The molecule has 1 saturated heterocycles. The Kier molecular flexibility index (Phi) is 5.86. The number of aromatic nitrogens is 4. The fraction of sp³-hybridized carbons (Fsp3) is 0.308. The molecule has 0 aliphatic carbocycles. The van der Waals surface area contributed by atoms with E-state index in [0.29, 0.717) is 40.5 Å². The summed E-state index contributed by atoms with van der Waals surface area (Å²) in [6.45, 7) is 3.80. The summed E-state index contributed by atoms with van der Waals surface area (Å²) in [4.78, 5) is 28.3. The van der Waals surface area contributed by atoms with E-state index in [-0.39, 0.29) is 24.8 Å². The Labute approximate surface area is 206 Å². The molecule has 2 N–H and O–H groups in total. The molecule has 4 heterocycles. The van der Waals surface area contributed by atoms with Crippen molar-refractivity contribution in [1.29, 1.82) is 0 Å². The van der Waals surface area contributed by atoms with Crippen molar-refractivity contribution in [3.63, 3.8) is 0 Å². The number of benzene rings is 2. The van der Waals surface area contributed by atoms with Gasteiger partial charge in [0.25, 0.3) is 11.5 Å². The Morgan fingerprint density at radius 2 is 1.81 bits per heavy atom. The average molecular weight is 487 g/mol. The fourth-order valence-electron chi connectivity index (χ4n) is 4.73. The molecule has 1 fully saturated rings. The third kappa shape index (κ3) is 4.31. The average Bonchev–Trinajstić information content (AvgIpc) is 3.69. The van der Waals surface area contributed by atoms with Crippen LogP contribution in [-0.2, 0) is 13.1 Å². The highest BCUT2D eigenvalue weighted by Crippen LogP contribution is 2.35. The maximum Gasteiger partial charge on any atom is 0.274 e. The zero-order chi connectivity index (χ0) is 24.5. The van der Waals surface area contributed by atoms with Crippen molar-refractivity contribution in [3.8, 4) is 22.8 Å². The number of rotatable bonds is 7. The second-order valence-corrected chi connectivity index (χ2v) is 8.99. The summed E-state index contributed by atoms with van der Waals surface area (Å²) in [5.41, 5.74) is 2.30. The number of aromatic amines is 1. The number of carbonyl (C=O) groups excluding carboxylic acids is 1. The van der Waals surface area contributed by atoms with E-state index >= 15 is 0 Å². The molecular weight excluding hydrogens is 460 g/mol. The molecule has 0 saturated carbocycles.